The predicted octanol–water partition coefficient (Wildman–Crippen LogP) is 4.25. The summed E-state index contributed by atoms with van der Waals surface area (Å²) in [5, 5.41) is 28.6. The highest BCUT2D eigenvalue weighted by atomic mass is 19.4. The molecule has 0 aliphatic rings. The number of benzene rings is 2. The van der Waals surface area contributed by atoms with Gasteiger partial charge in [0.05, 0.1) is 23.4 Å². The molecular formula is C21H13F3N4O. The predicted molar refractivity (Wildman–Crippen MR) is 99.9 cm³/mol. The van der Waals surface area contributed by atoms with Crippen LogP contribution in [0.25, 0.3) is 22.4 Å². The second kappa shape index (κ2) is 7.63. The zero-order valence-corrected chi connectivity index (χ0v) is 14.8. The highest BCUT2D eigenvalue weighted by Gasteiger charge is 2.30. The average molecular weight is 394 g/mol. The molecule has 0 aliphatic heterocycles. The molecule has 0 saturated heterocycles. The maximum atomic E-state index is 12.9. The van der Waals surface area contributed by atoms with Gasteiger partial charge in [0.15, 0.2) is 0 Å². The average Bonchev–Trinajstić information content (AvgIpc) is 2.72. The van der Waals surface area contributed by atoms with Crippen LogP contribution in [-0.2, 0) is 12.8 Å². The summed E-state index contributed by atoms with van der Waals surface area (Å²) in [5.74, 6) is -0.147. The van der Waals surface area contributed by atoms with Gasteiger partial charge in [-0.1, -0.05) is 30.3 Å². The van der Waals surface area contributed by atoms with E-state index in [1.807, 2.05) is 12.1 Å². The smallest absolute Gasteiger partial charge is 0.392 e. The Morgan fingerprint density at radius 1 is 0.966 bits per heavy atom. The number of anilines is 1. The molecule has 0 amide bonds. The molecule has 0 aliphatic carbocycles. The van der Waals surface area contributed by atoms with Crippen LogP contribution in [0, 0.1) is 22.7 Å². The molecule has 1 heterocycles. The van der Waals surface area contributed by atoms with Crippen molar-refractivity contribution in [1.29, 1.82) is 10.5 Å². The van der Waals surface area contributed by atoms with Crippen molar-refractivity contribution in [2.75, 3.05) is 5.73 Å². The van der Waals surface area contributed by atoms with Crippen molar-refractivity contribution in [3.05, 3.63) is 70.8 Å². The van der Waals surface area contributed by atoms with Gasteiger partial charge in [-0.3, -0.25) is 0 Å². The fourth-order valence-corrected chi connectivity index (χ4v) is 2.97. The summed E-state index contributed by atoms with van der Waals surface area (Å²) < 4.78 is 38.6. The molecule has 8 heteroatoms. The van der Waals surface area contributed by atoms with Gasteiger partial charge in [0.25, 0.3) is 0 Å². The largest absolute Gasteiger partial charge is 0.416 e. The Balaban J connectivity index is 2.30. The minimum atomic E-state index is -4.51. The number of rotatable bonds is 3. The van der Waals surface area contributed by atoms with E-state index in [-0.39, 0.29) is 40.4 Å². The number of pyridine rings is 1. The fraction of sp³-hybridized carbons (Fsp3) is 0.0952. The standard InChI is InChI=1S/C21H13F3N4O/c22-21(23,24)15-6-4-13(5-7-15)18-16(9-25)19(28-20(27)17(18)10-26)14-3-1-2-12(8-14)11-29/h1-8,29H,11H2,(H2,27,28). The summed E-state index contributed by atoms with van der Waals surface area (Å²) in [5.41, 5.74) is 6.57. The van der Waals surface area contributed by atoms with E-state index in [2.05, 4.69) is 4.98 Å². The second-order valence-electron chi connectivity index (χ2n) is 6.13. The van der Waals surface area contributed by atoms with Crippen molar-refractivity contribution in [2.45, 2.75) is 12.8 Å². The van der Waals surface area contributed by atoms with Gasteiger partial charge in [0.1, 0.15) is 23.5 Å². The summed E-state index contributed by atoms with van der Waals surface area (Å²) in [4.78, 5) is 4.17. The molecule has 0 fully saturated rings. The monoisotopic (exact) mass is 394 g/mol. The molecule has 0 spiro atoms. The first kappa shape index (κ1) is 19.9. The van der Waals surface area contributed by atoms with Gasteiger partial charge in [-0.15, -0.1) is 0 Å². The minimum absolute atomic E-state index is 0.00518. The van der Waals surface area contributed by atoms with Gasteiger partial charge in [-0.2, -0.15) is 23.7 Å². The maximum absolute atomic E-state index is 12.9. The quantitative estimate of drug-likeness (QED) is 0.691. The van der Waals surface area contributed by atoms with E-state index in [1.165, 1.54) is 12.1 Å². The zero-order valence-electron chi connectivity index (χ0n) is 14.8. The van der Waals surface area contributed by atoms with Gasteiger partial charge in [0, 0.05) is 11.1 Å². The summed E-state index contributed by atoms with van der Waals surface area (Å²) in [6.45, 7) is -0.229. The molecular weight excluding hydrogens is 381 g/mol. The summed E-state index contributed by atoms with van der Waals surface area (Å²) in [6.07, 6.45) is -4.51. The van der Waals surface area contributed by atoms with E-state index in [9.17, 15) is 28.8 Å². The van der Waals surface area contributed by atoms with Crippen LogP contribution in [0.15, 0.2) is 48.5 Å². The van der Waals surface area contributed by atoms with Crippen molar-refractivity contribution in [2.24, 2.45) is 0 Å². The first-order valence-corrected chi connectivity index (χ1v) is 8.31. The fourth-order valence-electron chi connectivity index (χ4n) is 2.97. The number of halogens is 3. The number of nitrogens with two attached hydrogens (primary N) is 1. The number of alkyl halides is 3. The first-order chi connectivity index (χ1) is 13.8. The van der Waals surface area contributed by atoms with Gasteiger partial charge in [-0.05, 0) is 29.3 Å². The molecule has 5 nitrogen and oxygen atoms in total. The van der Waals surface area contributed by atoms with Crippen molar-refractivity contribution in [1.82, 2.24) is 4.98 Å². The number of hydrogen-bond donors (Lipinski definition) is 2. The Hall–Kier alpha value is -3.88. The molecule has 144 valence electrons. The third kappa shape index (κ3) is 3.75. The summed E-state index contributed by atoms with van der Waals surface area (Å²) in [6, 6.07) is 14.6. The lowest BCUT2D eigenvalue weighted by Crippen LogP contribution is -2.06. The van der Waals surface area contributed by atoms with Crippen molar-refractivity contribution >= 4 is 5.82 Å². The summed E-state index contributed by atoms with van der Waals surface area (Å²) >= 11 is 0. The number of nitrogen functional groups attached to an aromatic ring is 1. The molecule has 3 aromatic rings. The number of nitrogens with zero attached hydrogens (tertiary/aromatic N) is 3. The molecule has 0 saturated carbocycles. The number of hydrogen-bond acceptors (Lipinski definition) is 5. The van der Waals surface area contributed by atoms with Crippen LogP contribution in [0.4, 0.5) is 19.0 Å². The van der Waals surface area contributed by atoms with E-state index in [0.29, 0.717) is 11.1 Å². The minimum Gasteiger partial charge on any atom is -0.392 e. The molecule has 1 aromatic heterocycles. The van der Waals surface area contributed by atoms with E-state index in [0.717, 1.165) is 12.1 Å². The lowest BCUT2D eigenvalue weighted by atomic mass is 9.91. The molecule has 0 radical (unpaired) electrons. The Morgan fingerprint density at radius 3 is 2.17 bits per heavy atom. The SMILES string of the molecule is N#Cc1c(N)nc(-c2cccc(CO)c2)c(C#N)c1-c1ccc(C(F)(F)F)cc1. The van der Waals surface area contributed by atoms with Crippen LogP contribution >= 0.6 is 0 Å². The van der Waals surface area contributed by atoms with Gasteiger partial charge in [-0.25, -0.2) is 4.98 Å². The second-order valence-corrected chi connectivity index (χ2v) is 6.13. The van der Waals surface area contributed by atoms with Crippen LogP contribution < -0.4 is 5.73 Å². The Kier molecular flexibility index (Phi) is 5.22. The molecule has 0 atom stereocenters. The van der Waals surface area contributed by atoms with Crippen LogP contribution in [0.3, 0.4) is 0 Å². The zero-order chi connectivity index (χ0) is 21.2. The highest BCUT2D eigenvalue weighted by Crippen LogP contribution is 2.37. The molecule has 3 rings (SSSR count). The van der Waals surface area contributed by atoms with Crippen LogP contribution in [0.5, 0.6) is 0 Å². The Morgan fingerprint density at radius 2 is 1.62 bits per heavy atom. The van der Waals surface area contributed by atoms with Gasteiger partial charge in [0.2, 0.25) is 0 Å². The van der Waals surface area contributed by atoms with Gasteiger partial charge < -0.3 is 10.8 Å². The molecule has 0 bridgehead atoms. The maximum Gasteiger partial charge on any atom is 0.416 e. The van der Waals surface area contributed by atoms with Crippen molar-refractivity contribution < 1.29 is 18.3 Å². The third-order valence-corrected chi connectivity index (χ3v) is 4.33. The van der Waals surface area contributed by atoms with Gasteiger partial charge >= 0.3 is 6.18 Å². The van der Waals surface area contributed by atoms with Crippen LogP contribution in [0.2, 0.25) is 0 Å². The highest BCUT2D eigenvalue weighted by molar-refractivity contribution is 5.87. The van der Waals surface area contributed by atoms with Crippen molar-refractivity contribution in [3.8, 4) is 34.5 Å². The summed E-state index contributed by atoms with van der Waals surface area (Å²) in [7, 11) is 0. The van der Waals surface area contributed by atoms with Crippen molar-refractivity contribution in [3.63, 3.8) is 0 Å². The number of aromatic nitrogens is 1. The Bertz CT molecular complexity index is 1160. The molecule has 0 unspecified atom stereocenters. The van der Waals surface area contributed by atoms with Crippen LogP contribution in [0.1, 0.15) is 22.3 Å². The Labute approximate surface area is 164 Å². The number of aliphatic hydroxyl groups excluding tert-OH is 1. The van der Waals surface area contributed by atoms with E-state index >= 15 is 0 Å². The molecule has 29 heavy (non-hydrogen) atoms. The van der Waals surface area contributed by atoms with Crippen LogP contribution in [-0.4, -0.2) is 10.1 Å². The van der Waals surface area contributed by atoms with E-state index < -0.39 is 11.7 Å². The topological polar surface area (TPSA) is 107 Å². The first-order valence-electron chi connectivity index (χ1n) is 8.31. The number of nitriles is 2. The van der Waals surface area contributed by atoms with E-state index in [1.54, 1.807) is 24.3 Å². The lowest BCUT2D eigenvalue weighted by Gasteiger charge is -2.14. The van der Waals surface area contributed by atoms with E-state index in [4.69, 9.17) is 5.73 Å². The molecule has 3 N–H and O–H groups in total. The molecule has 2 aromatic carbocycles. The number of aliphatic hydroxyl groups is 1. The lowest BCUT2D eigenvalue weighted by molar-refractivity contribution is -0.137. The normalized spacial score (nSPS) is 11.0. The third-order valence-electron chi connectivity index (χ3n) is 4.33.